The second-order valence-corrected chi connectivity index (χ2v) is 3.64. The van der Waals surface area contributed by atoms with Crippen molar-refractivity contribution in [3.8, 4) is 0 Å². The van der Waals surface area contributed by atoms with Gasteiger partial charge in [-0.3, -0.25) is 4.79 Å². The number of rotatable bonds is 1. The molecule has 0 N–H and O–H groups in total. The number of hydrogen-bond acceptors (Lipinski definition) is 1. The minimum absolute atomic E-state index is 0.315. The molecule has 1 aliphatic rings. The largest absolute Gasteiger partial charge is 0.300 e. The van der Waals surface area contributed by atoms with Gasteiger partial charge in [0.2, 0.25) is 0 Å². The summed E-state index contributed by atoms with van der Waals surface area (Å²) in [5.41, 5.74) is 1.32. The normalized spacial score (nSPS) is 32.0. The maximum atomic E-state index is 11.0. The Morgan fingerprint density at radius 2 is 2.27 bits per heavy atom. The number of hydrogen-bond donors (Lipinski definition) is 0. The molecule has 0 radical (unpaired) electrons. The lowest BCUT2D eigenvalue weighted by molar-refractivity contribution is -0.121. The van der Waals surface area contributed by atoms with Crippen molar-refractivity contribution in [3.05, 3.63) is 12.2 Å². The van der Waals surface area contributed by atoms with Gasteiger partial charge in [-0.2, -0.15) is 0 Å². The van der Waals surface area contributed by atoms with Crippen LogP contribution in [0.3, 0.4) is 0 Å². The van der Waals surface area contributed by atoms with E-state index in [1.807, 2.05) is 0 Å². The number of carbonyl (C=O) groups is 1. The summed E-state index contributed by atoms with van der Waals surface area (Å²) in [6, 6.07) is 0. The molecule has 2 unspecified atom stereocenters. The van der Waals surface area contributed by atoms with Gasteiger partial charge in [-0.05, 0) is 32.1 Å². The molecule has 0 amide bonds. The van der Waals surface area contributed by atoms with E-state index >= 15 is 0 Å². The Morgan fingerprint density at radius 1 is 1.64 bits per heavy atom. The lowest BCUT2D eigenvalue weighted by Gasteiger charge is -2.26. The molecule has 1 aliphatic carbocycles. The fourth-order valence-electron chi connectivity index (χ4n) is 1.69. The van der Waals surface area contributed by atoms with E-state index in [0.29, 0.717) is 17.6 Å². The second-order valence-electron chi connectivity index (χ2n) is 3.64. The van der Waals surface area contributed by atoms with Crippen molar-refractivity contribution < 1.29 is 4.79 Å². The van der Waals surface area contributed by atoms with Crippen LogP contribution in [0, 0.1) is 11.8 Å². The van der Waals surface area contributed by atoms with Crippen LogP contribution in [0.1, 0.15) is 33.1 Å². The van der Waals surface area contributed by atoms with E-state index in [0.717, 1.165) is 19.3 Å². The molecule has 0 aromatic rings. The summed E-state index contributed by atoms with van der Waals surface area (Å²) >= 11 is 0. The van der Waals surface area contributed by atoms with Gasteiger partial charge in [0.05, 0.1) is 0 Å². The highest BCUT2D eigenvalue weighted by molar-refractivity contribution is 5.78. The average molecular weight is 152 g/mol. The average Bonchev–Trinajstić information content (AvgIpc) is 1.94. The molecule has 0 spiro atoms. The monoisotopic (exact) mass is 152 g/mol. The van der Waals surface area contributed by atoms with Crippen LogP contribution in [-0.2, 0) is 4.79 Å². The van der Waals surface area contributed by atoms with Crippen molar-refractivity contribution in [2.45, 2.75) is 33.1 Å². The van der Waals surface area contributed by atoms with Crippen LogP contribution in [0.25, 0.3) is 0 Å². The maximum Gasteiger partial charge on any atom is 0.132 e. The van der Waals surface area contributed by atoms with E-state index in [1.54, 1.807) is 6.92 Å². The lowest BCUT2D eigenvalue weighted by atomic mass is 9.78. The summed E-state index contributed by atoms with van der Waals surface area (Å²) in [6.45, 7) is 7.84. The van der Waals surface area contributed by atoms with Gasteiger partial charge in [0.25, 0.3) is 0 Å². The Labute approximate surface area is 68.5 Å². The smallest absolute Gasteiger partial charge is 0.132 e. The zero-order valence-corrected chi connectivity index (χ0v) is 7.39. The van der Waals surface area contributed by atoms with E-state index in [2.05, 4.69) is 13.5 Å². The zero-order chi connectivity index (χ0) is 8.43. The van der Waals surface area contributed by atoms with Crippen LogP contribution in [0.15, 0.2) is 12.2 Å². The van der Waals surface area contributed by atoms with Gasteiger partial charge >= 0.3 is 0 Å². The first-order valence-electron chi connectivity index (χ1n) is 4.29. The predicted molar refractivity (Wildman–Crippen MR) is 46.3 cm³/mol. The third-order valence-corrected chi connectivity index (χ3v) is 2.72. The molecule has 1 heteroatoms. The highest BCUT2D eigenvalue weighted by atomic mass is 16.1. The second kappa shape index (κ2) is 3.21. The Hall–Kier alpha value is -0.590. The minimum atomic E-state index is 0.315. The standard InChI is InChI=1S/C10H16O/c1-7-4-5-10(9(3)11)6-8(7)2/h8,10H,1,4-6H2,2-3H3. The summed E-state index contributed by atoms with van der Waals surface area (Å²) in [6.07, 6.45) is 3.10. The fraction of sp³-hybridized carbons (Fsp3) is 0.700. The number of carbonyl (C=O) groups excluding carboxylic acids is 1. The third kappa shape index (κ3) is 1.92. The van der Waals surface area contributed by atoms with Gasteiger partial charge in [0.15, 0.2) is 0 Å². The van der Waals surface area contributed by atoms with Crippen LogP contribution >= 0.6 is 0 Å². The van der Waals surface area contributed by atoms with E-state index in [4.69, 9.17) is 0 Å². The van der Waals surface area contributed by atoms with Gasteiger partial charge in [-0.1, -0.05) is 19.1 Å². The maximum absolute atomic E-state index is 11.0. The first-order chi connectivity index (χ1) is 5.11. The van der Waals surface area contributed by atoms with E-state index in [1.165, 1.54) is 5.57 Å². The molecule has 2 atom stereocenters. The highest BCUT2D eigenvalue weighted by Crippen LogP contribution is 2.32. The topological polar surface area (TPSA) is 17.1 Å². The molecule has 0 aromatic heterocycles. The number of ketones is 1. The van der Waals surface area contributed by atoms with E-state index in [9.17, 15) is 4.79 Å². The molecule has 11 heavy (non-hydrogen) atoms. The molecule has 1 fully saturated rings. The fourth-order valence-corrected chi connectivity index (χ4v) is 1.69. The molecule has 1 rings (SSSR count). The first-order valence-corrected chi connectivity index (χ1v) is 4.29. The van der Waals surface area contributed by atoms with Crippen molar-refractivity contribution in [1.29, 1.82) is 0 Å². The molecule has 0 bridgehead atoms. The Bertz CT molecular complexity index is 181. The zero-order valence-electron chi connectivity index (χ0n) is 7.39. The van der Waals surface area contributed by atoms with Gasteiger partial charge in [-0.25, -0.2) is 0 Å². The van der Waals surface area contributed by atoms with Gasteiger partial charge < -0.3 is 0 Å². The molecule has 1 nitrogen and oxygen atoms in total. The molecular weight excluding hydrogens is 136 g/mol. The molecule has 0 saturated heterocycles. The summed E-state index contributed by atoms with van der Waals surface area (Å²) in [5, 5.41) is 0. The molecule has 0 heterocycles. The highest BCUT2D eigenvalue weighted by Gasteiger charge is 2.24. The van der Waals surface area contributed by atoms with Gasteiger partial charge in [0.1, 0.15) is 5.78 Å². The predicted octanol–water partition coefficient (Wildman–Crippen LogP) is 2.57. The number of allylic oxidation sites excluding steroid dienone is 1. The summed E-state index contributed by atoms with van der Waals surface area (Å²) in [7, 11) is 0. The quantitative estimate of drug-likeness (QED) is 0.528. The summed E-state index contributed by atoms with van der Waals surface area (Å²) < 4.78 is 0. The Kier molecular flexibility index (Phi) is 2.48. The van der Waals surface area contributed by atoms with Crippen LogP contribution in [0.2, 0.25) is 0 Å². The van der Waals surface area contributed by atoms with E-state index in [-0.39, 0.29) is 0 Å². The van der Waals surface area contributed by atoms with Crippen molar-refractivity contribution in [2.75, 3.05) is 0 Å². The minimum Gasteiger partial charge on any atom is -0.300 e. The van der Waals surface area contributed by atoms with Crippen LogP contribution < -0.4 is 0 Å². The SMILES string of the molecule is C=C1CCC(C(C)=O)CC1C. The van der Waals surface area contributed by atoms with Gasteiger partial charge in [-0.15, -0.1) is 0 Å². The van der Waals surface area contributed by atoms with Crippen LogP contribution in [0.4, 0.5) is 0 Å². The lowest BCUT2D eigenvalue weighted by Crippen LogP contribution is -2.20. The molecule has 0 aromatic carbocycles. The molecular formula is C10H16O. The van der Waals surface area contributed by atoms with E-state index < -0.39 is 0 Å². The summed E-state index contributed by atoms with van der Waals surface area (Å²) in [4.78, 5) is 11.0. The summed E-state index contributed by atoms with van der Waals surface area (Å²) in [5.74, 6) is 1.22. The van der Waals surface area contributed by atoms with Gasteiger partial charge in [0, 0.05) is 5.92 Å². The molecule has 62 valence electrons. The van der Waals surface area contributed by atoms with Crippen molar-refractivity contribution in [3.63, 3.8) is 0 Å². The first kappa shape index (κ1) is 8.51. The molecule has 1 saturated carbocycles. The van der Waals surface area contributed by atoms with Crippen LogP contribution in [-0.4, -0.2) is 5.78 Å². The Morgan fingerprint density at radius 3 is 2.73 bits per heavy atom. The molecule has 0 aliphatic heterocycles. The van der Waals surface area contributed by atoms with Crippen molar-refractivity contribution in [2.24, 2.45) is 11.8 Å². The number of Topliss-reactive ketones (excluding diaryl/α,β-unsaturated/α-hetero) is 1. The third-order valence-electron chi connectivity index (χ3n) is 2.72. The van der Waals surface area contributed by atoms with Crippen LogP contribution in [0.5, 0.6) is 0 Å². The Balaban J connectivity index is 2.52. The van der Waals surface area contributed by atoms with Crippen molar-refractivity contribution in [1.82, 2.24) is 0 Å². The van der Waals surface area contributed by atoms with Crippen molar-refractivity contribution >= 4 is 5.78 Å².